The van der Waals surface area contributed by atoms with Crippen LogP contribution in [0.3, 0.4) is 0 Å². The monoisotopic (exact) mass is 295 g/mol. The second kappa shape index (κ2) is 7.86. The number of nitrogens with two attached hydrogens (primary N) is 1. The number of likely N-dealkylation sites (N-methyl/N-ethyl adjacent to an activating group) is 1. The van der Waals surface area contributed by atoms with Crippen molar-refractivity contribution in [1.29, 1.82) is 0 Å². The van der Waals surface area contributed by atoms with E-state index in [0.29, 0.717) is 24.6 Å². The summed E-state index contributed by atoms with van der Waals surface area (Å²) in [6.07, 6.45) is 0.445. The first-order valence-corrected chi connectivity index (χ1v) is 7.02. The van der Waals surface area contributed by atoms with Gasteiger partial charge in [0.25, 0.3) is 0 Å². The summed E-state index contributed by atoms with van der Waals surface area (Å²) in [6.45, 7) is 4.16. The van der Waals surface area contributed by atoms with Crippen LogP contribution in [0.4, 0.5) is 0 Å². The van der Waals surface area contributed by atoms with Crippen LogP contribution in [-0.2, 0) is 9.59 Å². The van der Waals surface area contributed by atoms with E-state index in [4.69, 9.17) is 5.73 Å². The Hall–Kier alpha value is -0.460. The predicted octanol–water partition coefficient (Wildman–Crippen LogP) is 0.525. The summed E-state index contributed by atoms with van der Waals surface area (Å²) in [6, 6.07) is -0.307. The van der Waals surface area contributed by atoms with Crippen molar-refractivity contribution < 1.29 is 9.59 Å². The molecule has 2 atom stereocenters. The number of hydrogen-bond donors (Lipinski definition) is 1. The van der Waals surface area contributed by atoms with Gasteiger partial charge in [-0.05, 0) is 6.92 Å². The summed E-state index contributed by atoms with van der Waals surface area (Å²) < 4.78 is 0. The van der Waals surface area contributed by atoms with E-state index in [1.165, 1.54) is 0 Å². The smallest absolute Gasteiger partial charge is 0.246 e. The van der Waals surface area contributed by atoms with E-state index in [1.807, 2.05) is 13.8 Å². The van der Waals surface area contributed by atoms with Gasteiger partial charge < -0.3 is 15.5 Å². The van der Waals surface area contributed by atoms with E-state index in [1.54, 1.807) is 28.6 Å². The summed E-state index contributed by atoms with van der Waals surface area (Å²) in [7, 11) is 1.75. The van der Waals surface area contributed by atoms with Gasteiger partial charge in [-0.1, -0.05) is 6.92 Å². The Morgan fingerprint density at radius 2 is 2.17 bits per heavy atom. The van der Waals surface area contributed by atoms with Gasteiger partial charge in [0.15, 0.2) is 0 Å². The maximum atomic E-state index is 12.2. The van der Waals surface area contributed by atoms with E-state index in [9.17, 15) is 9.59 Å². The fraction of sp³-hybridized carbons (Fsp3) is 0.818. The summed E-state index contributed by atoms with van der Waals surface area (Å²) in [5.74, 6) is 1.34. The van der Waals surface area contributed by atoms with Gasteiger partial charge in [-0.2, -0.15) is 0 Å². The van der Waals surface area contributed by atoms with Gasteiger partial charge in [0.1, 0.15) is 6.04 Å². The molecule has 1 saturated heterocycles. The highest BCUT2D eigenvalue weighted by Gasteiger charge is 2.36. The Morgan fingerprint density at radius 1 is 1.56 bits per heavy atom. The lowest BCUT2D eigenvalue weighted by molar-refractivity contribution is -0.143. The minimum Gasteiger partial charge on any atom is -0.340 e. The molecule has 1 fully saturated rings. The molecule has 2 amide bonds. The average Bonchev–Trinajstić information content (AvgIpc) is 2.83. The van der Waals surface area contributed by atoms with Gasteiger partial charge in [-0.15, -0.1) is 24.2 Å². The Kier molecular flexibility index (Phi) is 7.66. The fourth-order valence-corrected chi connectivity index (χ4v) is 2.88. The van der Waals surface area contributed by atoms with E-state index in [2.05, 4.69) is 0 Å². The van der Waals surface area contributed by atoms with Crippen molar-refractivity contribution in [3.63, 3.8) is 0 Å². The van der Waals surface area contributed by atoms with Crippen molar-refractivity contribution in [2.45, 2.75) is 32.4 Å². The number of carbonyl (C=O) groups excluding carboxylic acids is 2. The fourth-order valence-electron chi connectivity index (χ4n) is 1.71. The summed E-state index contributed by atoms with van der Waals surface area (Å²) in [5, 5.41) is 0. The van der Waals surface area contributed by atoms with E-state index >= 15 is 0 Å². The maximum absolute atomic E-state index is 12.2. The number of carbonyl (C=O) groups is 2. The molecule has 5 nitrogen and oxygen atoms in total. The van der Waals surface area contributed by atoms with Gasteiger partial charge in [0, 0.05) is 31.8 Å². The molecule has 1 aliphatic heterocycles. The molecule has 0 saturated carbocycles. The number of halogens is 1. The largest absolute Gasteiger partial charge is 0.340 e. The summed E-state index contributed by atoms with van der Waals surface area (Å²) in [5.41, 5.74) is 5.55. The van der Waals surface area contributed by atoms with Crippen LogP contribution in [0.5, 0.6) is 0 Å². The number of nitrogens with zero attached hydrogens (tertiary/aromatic N) is 2. The first-order valence-electron chi connectivity index (χ1n) is 5.86. The third-order valence-corrected chi connectivity index (χ3v) is 4.15. The molecule has 18 heavy (non-hydrogen) atoms. The third-order valence-electron chi connectivity index (χ3n) is 3.14. The normalized spacial score (nSPS) is 20.2. The highest BCUT2D eigenvalue weighted by atomic mass is 35.5. The molecule has 106 valence electrons. The third kappa shape index (κ3) is 3.76. The Labute approximate surface area is 119 Å². The van der Waals surface area contributed by atoms with Crippen LogP contribution in [0.1, 0.15) is 20.3 Å². The molecule has 2 N–H and O–H groups in total. The molecule has 0 bridgehead atoms. The van der Waals surface area contributed by atoms with Crippen molar-refractivity contribution in [3.05, 3.63) is 0 Å². The van der Waals surface area contributed by atoms with Crippen molar-refractivity contribution in [2.75, 3.05) is 25.2 Å². The Balaban J connectivity index is 0.00000289. The molecule has 0 spiro atoms. The zero-order chi connectivity index (χ0) is 13.0. The van der Waals surface area contributed by atoms with Gasteiger partial charge in [-0.25, -0.2) is 0 Å². The minimum absolute atomic E-state index is 0. The predicted molar refractivity (Wildman–Crippen MR) is 76.8 cm³/mol. The molecule has 0 aromatic carbocycles. The molecule has 1 rings (SSSR count). The van der Waals surface area contributed by atoms with Crippen molar-refractivity contribution >= 4 is 36.0 Å². The molecule has 1 heterocycles. The SMILES string of the molecule is CCC(=O)N1CSCC1C(=O)N(C)C(C)CN.Cl. The molecule has 1 aliphatic rings. The molecule has 7 heteroatoms. The lowest BCUT2D eigenvalue weighted by Crippen LogP contribution is -2.51. The molecule has 0 aliphatic carbocycles. The summed E-state index contributed by atoms with van der Waals surface area (Å²) >= 11 is 1.63. The first kappa shape index (κ1) is 17.5. The number of rotatable bonds is 4. The topological polar surface area (TPSA) is 66.6 Å². The van der Waals surface area contributed by atoms with Crippen LogP contribution in [-0.4, -0.2) is 58.9 Å². The van der Waals surface area contributed by atoms with Gasteiger partial charge in [0.05, 0.1) is 5.88 Å². The standard InChI is InChI=1S/C11H21N3O2S.ClH/c1-4-10(15)14-7-17-6-9(14)11(16)13(3)8(2)5-12;/h8-9H,4-7,12H2,1-3H3;1H. The van der Waals surface area contributed by atoms with Crippen molar-refractivity contribution in [2.24, 2.45) is 5.73 Å². The van der Waals surface area contributed by atoms with E-state index in [-0.39, 0.29) is 36.3 Å². The Morgan fingerprint density at radius 3 is 2.67 bits per heavy atom. The molecule has 0 aromatic rings. The lowest BCUT2D eigenvalue weighted by atomic mass is 10.2. The van der Waals surface area contributed by atoms with E-state index in [0.717, 1.165) is 0 Å². The highest BCUT2D eigenvalue weighted by molar-refractivity contribution is 7.99. The maximum Gasteiger partial charge on any atom is 0.246 e. The van der Waals surface area contributed by atoms with Crippen LogP contribution < -0.4 is 5.73 Å². The zero-order valence-corrected chi connectivity index (χ0v) is 12.7. The summed E-state index contributed by atoms with van der Waals surface area (Å²) in [4.78, 5) is 27.3. The number of hydrogen-bond acceptors (Lipinski definition) is 4. The van der Waals surface area contributed by atoms with Crippen LogP contribution in [0.15, 0.2) is 0 Å². The van der Waals surface area contributed by atoms with Crippen LogP contribution in [0.2, 0.25) is 0 Å². The molecule has 0 radical (unpaired) electrons. The van der Waals surface area contributed by atoms with Crippen molar-refractivity contribution in [1.82, 2.24) is 9.80 Å². The van der Waals surface area contributed by atoms with E-state index < -0.39 is 0 Å². The minimum atomic E-state index is -0.313. The molecular weight excluding hydrogens is 274 g/mol. The lowest BCUT2D eigenvalue weighted by Gasteiger charge is -2.30. The molecule has 0 aromatic heterocycles. The Bertz CT molecular complexity index is 304. The molecular formula is C11H22ClN3O2S. The zero-order valence-electron chi connectivity index (χ0n) is 11.1. The molecule has 2 unspecified atom stereocenters. The van der Waals surface area contributed by atoms with Gasteiger partial charge >= 0.3 is 0 Å². The van der Waals surface area contributed by atoms with Crippen LogP contribution in [0.25, 0.3) is 0 Å². The average molecular weight is 296 g/mol. The second-order valence-electron chi connectivity index (χ2n) is 4.27. The van der Waals surface area contributed by atoms with Gasteiger partial charge in [-0.3, -0.25) is 9.59 Å². The first-order chi connectivity index (χ1) is 8.02. The quantitative estimate of drug-likeness (QED) is 0.821. The number of amides is 2. The van der Waals surface area contributed by atoms with Crippen LogP contribution >= 0.6 is 24.2 Å². The number of thioether (sulfide) groups is 1. The van der Waals surface area contributed by atoms with Crippen molar-refractivity contribution in [3.8, 4) is 0 Å². The van der Waals surface area contributed by atoms with Gasteiger partial charge in [0.2, 0.25) is 11.8 Å². The highest BCUT2D eigenvalue weighted by Crippen LogP contribution is 2.23. The second-order valence-corrected chi connectivity index (χ2v) is 5.27. The van der Waals surface area contributed by atoms with Crippen LogP contribution in [0, 0.1) is 0 Å².